The number of halogens is 2. The number of hydrogen-bond donors (Lipinski definition) is 2. The number of rotatable bonds is 3. The molecule has 0 fully saturated rings. The van der Waals surface area contributed by atoms with Gasteiger partial charge in [0, 0.05) is 22.8 Å². The van der Waals surface area contributed by atoms with Crippen molar-refractivity contribution in [2.24, 2.45) is 0 Å². The fourth-order valence-electron chi connectivity index (χ4n) is 1.47. The minimum Gasteiger partial charge on any atom is -0.505 e. The Morgan fingerprint density at radius 1 is 1.18 bits per heavy atom. The molecule has 0 atom stereocenters. The summed E-state index contributed by atoms with van der Waals surface area (Å²) in [5.41, 5.74) is 1.73. The van der Waals surface area contributed by atoms with Gasteiger partial charge in [-0.15, -0.1) is 0 Å². The Morgan fingerprint density at radius 3 is 2.71 bits per heavy atom. The average molecular weight is 296 g/mol. The third kappa shape index (κ3) is 3.20. The zero-order valence-corrected chi connectivity index (χ0v) is 10.5. The van der Waals surface area contributed by atoms with Crippen LogP contribution in [0.25, 0.3) is 0 Å². The Bertz CT molecular complexity index is 531. The molecule has 0 saturated heterocycles. The van der Waals surface area contributed by atoms with Gasteiger partial charge in [0.15, 0.2) is 11.6 Å². The normalized spacial score (nSPS) is 10.2. The van der Waals surface area contributed by atoms with E-state index < -0.39 is 5.82 Å². The third-order valence-electron chi connectivity index (χ3n) is 2.33. The number of aromatic hydroxyl groups is 1. The molecule has 0 bridgehead atoms. The molecule has 2 N–H and O–H groups in total. The lowest BCUT2D eigenvalue weighted by Crippen LogP contribution is -1.99. The van der Waals surface area contributed by atoms with Crippen LogP contribution in [0.4, 0.5) is 10.1 Å². The monoisotopic (exact) mass is 295 g/mol. The maximum atomic E-state index is 13.1. The second kappa shape index (κ2) is 5.19. The van der Waals surface area contributed by atoms with Crippen molar-refractivity contribution in [1.82, 2.24) is 0 Å². The van der Waals surface area contributed by atoms with Crippen LogP contribution in [0.2, 0.25) is 0 Å². The van der Waals surface area contributed by atoms with E-state index >= 15 is 0 Å². The predicted molar refractivity (Wildman–Crippen MR) is 69.5 cm³/mol. The van der Waals surface area contributed by atoms with Crippen LogP contribution < -0.4 is 5.32 Å². The Balaban J connectivity index is 2.05. The summed E-state index contributed by atoms with van der Waals surface area (Å²) < 4.78 is 14.1. The first kappa shape index (κ1) is 11.9. The number of nitrogens with one attached hydrogen (secondary N) is 1. The van der Waals surface area contributed by atoms with E-state index in [1.54, 1.807) is 6.07 Å². The minimum atomic E-state index is -0.621. The number of anilines is 1. The van der Waals surface area contributed by atoms with Crippen LogP contribution in [-0.4, -0.2) is 5.11 Å². The highest BCUT2D eigenvalue weighted by Gasteiger charge is 2.01. The summed E-state index contributed by atoms with van der Waals surface area (Å²) in [5, 5.41) is 12.1. The maximum absolute atomic E-state index is 13.1. The molecule has 0 unspecified atom stereocenters. The van der Waals surface area contributed by atoms with Crippen LogP contribution in [0.3, 0.4) is 0 Å². The first-order valence-electron chi connectivity index (χ1n) is 5.12. The molecule has 4 heteroatoms. The van der Waals surface area contributed by atoms with Crippen LogP contribution in [0.5, 0.6) is 5.75 Å². The number of phenolic OH excluding ortho intramolecular Hbond substituents is 1. The van der Waals surface area contributed by atoms with Crippen LogP contribution in [-0.2, 0) is 6.54 Å². The number of benzene rings is 2. The second-order valence-corrected chi connectivity index (χ2v) is 4.57. The first-order valence-corrected chi connectivity index (χ1v) is 5.91. The molecule has 0 heterocycles. The van der Waals surface area contributed by atoms with E-state index in [0.717, 1.165) is 10.0 Å². The molecule has 0 aliphatic rings. The zero-order valence-electron chi connectivity index (χ0n) is 8.95. The van der Waals surface area contributed by atoms with E-state index in [1.165, 1.54) is 12.1 Å². The quantitative estimate of drug-likeness (QED) is 0.842. The fraction of sp³-hybridized carbons (Fsp3) is 0.0769. The van der Waals surface area contributed by atoms with Crippen LogP contribution in [0.1, 0.15) is 5.56 Å². The molecule has 2 rings (SSSR count). The lowest BCUT2D eigenvalue weighted by atomic mass is 10.2. The van der Waals surface area contributed by atoms with Gasteiger partial charge in [-0.05, 0) is 29.8 Å². The van der Waals surface area contributed by atoms with E-state index in [-0.39, 0.29) is 5.75 Å². The molecule has 0 amide bonds. The molecule has 0 saturated carbocycles. The van der Waals surface area contributed by atoms with Crippen molar-refractivity contribution in [3.63, 3.8) is 0 Å². The lowest BCUT2D eigenvalue weighted by molar-refractivity contribution is 0.432. The van der Waals surface area contributed by atoms with Crippen molar-refractivity contribution < 1.29 is 9.50 Å². The van der Waals surface area contributed by atoms with Gasteiger partial charge >= 0.3 is 0 Å². The smallest absolute Gasteiger partial charge is 0.166 e. The summed E-state index contributed by atoms with van der Waals surface area (Å²) >= 11 is 3.39. The molecule has 0 aromatic heterocycles. The Kier molecular flexibility index (Phi) is 3.64. The zero-order chi connectivity index (χ0) is 12.3. The highest BCUT2D eigenvalue weighted by molar-refractivity contribution is 9.10. The van der Waals surface area contributed by atoms with Gasteiger partial charge in [-0.1, -0.05) is 28.1 Å². The predicted octanol–water partition coefficient (Wildman–Crippen LogP) is 3.91. The molecule has 0 aliphatic heterocycles. The third-order valence-corrected chi connectivity index (χ3v) is 2.83. The second-order valence-electron chi connectivity index (χ2n) is 3.65. The van der Waals surface area contributed by atoms with Crippen molar-refractivity contribution in [3.05, 3.63) is 58.3 Å². The highest BCUT2D eigenvalue weighted by Crippen LogP contribution is 2.20. The van der Waals surface area contributed by atoms with Crippen molar-refractivity contribution >= 4 is 21.6 Å². The van der Waals surface area contributed by atoms with Gasteiger partial charge < -0.3 is 10.4 Å². The van der Waals surface area contributed by atoms with Crippen LogP contribution in [0, 0.1) is 5.82 Å². The molecule has 0 radical (unpaired) electrons. The Hall–Kier alpha value is -1.55. The molecule has 2 aromatic carbocycles. The van der Waals surface area contributed by atoms with Crippen LogP contribution in [0.15, 0.2) is 46.9 Å². The first-order chi connectivity index (χ1) is 8.15. The molecule has 2 aromatic rings. The van der Waals surface area contributed by atoms with Crippen molar-refractivity contribution in [2.45, 2.75) is 6.54 Å². The summed E-state index contributed by atoms with van der Waals surface area (Å²) in [6.07, 6.45) is 0. The number of hydrogen-bond acceptors (Lipinski definition) is 2. The van der Waals surface area contributed by atoms with E-state index in [2.05, 4.69) is 21.2 Å². The summed E-state index contributed by atoms with van der Waals surface area (Å²) in [6, 6.07) is 12.1. The van der Waals surface area contributed by atoms with Gasteiger partial charge in [0.1, 0.15) is 0 Å². The Labute approximate surface area is 107 Å². The summed E-state index contributed by atoms with van der Waals surface area (Å²) in [4.78, 5) is 0. The maximum Gasteiger partial charge on any atom is 0.166 e. The summed E-state index contributed by atoms with van der Waals surface area (Å²) in [6.45, 7) is 0.601. The van der Waals surface area contributed by atoms with E-state index in [0.29, 0.717) is 12.2 Å². The van der Waals surface area contributed by atoms with Crippen LogP contribution >= 0.6 is 15.9 Å². The van der Waals surface area contributed by atoms with Gasteiger partial charge in [-0.2, -0.15) is 0 Å². The van der Waals surface area contributed by atoms with Gasteiger partial charge in [0.05, 0.1) is 0 Å². The molecule has 2 nitrogen and oxygen atoms in total. The van der Waals surface area contributed by atoms with Gasteiger partial charge in [0.2, 0.25) is 0 Å². The Morgan fingerprint density at radius 2 is 2.00 bits per heavy atom. The molecular formula is C13H11BrFNO. The minimum absolute atomic E-state index is 0.335. The molecular weight excluding hydrogens is 285 g/mol. The number of phenols is 1. The van der Waals surface area contributed by atoms with E-state index in [4.69, 9.17) is 5.11 Å². The standard InChI is InChI=1S/C13H11BrFNO/c14-10-3-1-2-9(6-10)8-16-11-4-5-13(17)12(15)7-11/h1-7,16-17H,8H2. The molecule has 0 spiro atoms. The summed E-state index contributed by atoms with van der Waals surface area (Å²) in [5.74, 6) is -0.956. The van der Waals surface area contributed by atoms with Gasteiger partial charge in [0.25, 0.3) is 0 Å². The van der Waals surface area contributed by atoms with E-state index in [9.17, 15) is 4.39 Å². The molecule has 0 aliphatic carbocycles. The SMILES string of the molecule is Oc1ccc(NCc2cccc(Br)c2)cc1F. The van der Waals surface area contributed by atoms with Crippen molar-refractivity contribution in [1.29, 1.82) is 0 Å². The van der Waals surface area contributed by atoms with Gasteiger partial charge in [-0.25, -0.2) is 4.39 Å². The van der Waals surface area contributed by atoms with Crippen molar-refractivity contribution in [2.75, 3.05) is 5.32 Å². The molecule has 17 heavy (non-hydrogen) atoms. The lowest BCUT2D eigenvalue weighted by Gasteiger charge is -2.07. The fourth-order valence-corrected chi connectivity index (χ4v) is 1.91. The highest BCUT2D eigenvalue weighted by atomic mass is 79.9. The average Bonchev–Trinajstić information content (AvgIpc) is 2.31. The largest absolute Gasteiger partial charge is 0.505 e. The summed E-state index contributed by atoms with van der Waals surface area (Å²) in [7, 11) is 0. The van der Waals surface area contributed by atoms with Gasteiger partial charge in [-0.3, -0.25) is 0 Å². The van der Waals surface area contributed by atoms with Crippen molar-refractivity contribution in [3.8, 4) is 5.75 Å². The topological polar surface area (TPSA) is 32.3 Å². The van der Waals surface area contributed by atoms with E-state index in [1.807, 2.05) is 24.3 Å². The molecule has 88 valence electrons.